The Morgan fingerprint density at radius 2 is 2.05 bits per heavy atom. The molecule has 0 atom stereocenters. The molecule has 1 fully saturated rings. The van der Waals surface area contributed by atoms with Crippen LogP contribution in [0.3, 0.4) is 0 Å². The van der Waals surface area contributed by atoms with E-state index in [2.05, 4.69) is 27.9 Å². The van der Waals surface area contributed by atoms with Crippen molar-refractivity contribution in [1.29, 1.82) is 0 Å². The molecule has 0 heterocycles. The van der Waals surface area contributed by atoms with Crippen LogP contribution in [0, 0.1) is 3.57 Å². The van der Waals surface area contributed by atoms with Crippen LogP contribution in [0.15, 0.2) is 18.2 Å². The Hall–Kier alpha value is -0.400. The molecule has 3 N–H and O–H groups in total. The Morgan fingerprint density at radius 1 is 1.42 bits per heavy atom. The first-order chi connectivity index (χ1) is 8.94. The number of hydrogen-bond donors (Lipinski definition) is 2. The molecular weight excluding hydrogens is 395 g/mol. The summed E-state index contributed by atoms with van der Waals surface area (Å²) in [6, 6.07) is 5.24. The molecule has 19 heavy (non-hydrogen) atoms. The van der Waals surface area contributed by atoms with Crippen molar-refractivity contribution in [2.45, 2.75) is 31.2 Å². The Labute approximate surface area is 136 Å². The lowest BCUT2D eigenvalue weighted by atomic mass is 9.97. The monoisotopic (exact) mass is 408 g/mol. The van der Waals surface area contributed by atoms with E-state index in [9.17, 15) is 4.79 Å². The zero-order valence-corrected chi connectivity index (χ0v) is 13.9. The normalized spacial score (nSPS) is 17.2. The number of thiocarbonyl (C=S) groups is 1. The minimum absolute atomic E-state index is 0.173. The number of amides is 1. The smallest absolute Gasteiger partial charge is 0.252 e. The zero-order chi connectivity index (χ0) is 14.0. The predicted molar refractivity (Wildman–Crippen MR) is 89.6 cm³/mol. The molecule has 0 aromatic heterocycles. The standard InChI is InChI=1S/C13H14ClIN2OS/c14-9-7-8(3-4-10(9)15)11(18)17-13(12(16)19)5-1-2-6-13/h3-4,7H,1-2,5-6H2,(H2,16,19)(H,17,18). The van der Waals surface area contributed by atoms with E-state index in [0.717, 1.165) is 29.3 Å². The highest BCUT2D eigenvalue weighted by atomic mass is 127. The molecule has 1 amide bonds. The molecule has 1 aliphatic carbocycles. The van der Waals surface area contributed by atoms with Crippen LogP contribution >= 0.6 is 46.4 Å². The minimum Gasteiger partial charge on any atom is -0.391 e. The summed E-state index contributed by atoms with van der Waals surface area (Å²) in [7, 11) is 0. The maximum Gasteiger partial charge on any atom is 0.252 e. The fourth-order valence-electron chi connectivity index (χ4n) is 2.34. The fraction of sp³-hybridized carbons (Fsp3) is 0.385. The van der Waals surface area contributed by atoms with Crippen LogP contribution in [0.2, 0.25) is 5.02 Å². The summed E-state index contributed by atoms with van der Waals surface area (Å²) in [6.45, 7) is 0. The number of hydrogen-bond acceptors (Lipinski definition) is 2. The molecule has 0 spiro atoms. The van der Waals surface area contributed by atoms with Crippen LogP contribution in [0.1, 0.15) is 36.0 Å². The van der Waals surface area contributed by atoms with Gasteiger partial charge in [-0.3, -0.25) is 4.79 Å². The second kappa shape index (κ2) is 5.93. The number of nitrogens with one attached hydrogen (secondary N) is 1. The highest BCUT2D eigenvalue weighted by molar-refractivity contribution is 14.1. The molecule has 1 aromatic carbocycles. The van der Waals surface area contributed by atoms with Crippen molar-refractivity contribution in [2.24, 2.45) is 5.73 Å². The van der Waals surface area contributed by atoms with Crippen LogP contribution in [0.5, 0.6) is 0 Å². The molecule has 0 bridgehead atoms. The summed E-state index contributed by atoms with van der Waals surface area (Å²) in [5.74, 6) is -0.173. The Bertz CT molecular complexity index is 529. The summed E-state index contributed by atoms with van der Waals surface area (Å²) < 4.78 is 0.917. The van der Waals surface area contributed by atoms with E-state index in [4.69, 9.17) is 29.6 Å². The van der Waals surface area contributed by atoms with Crippen LogP contribution in [0.4, 0.5) is 0 Å². The Morgan fingerprint density at radius 3 is 2.58 bits per heavy atom. The van der Waals surface area contributed by atoms with Crippen molar-refractivity contribution in [1.82, 2.24) is 5.32 Å². The summed E-state index contributed by atoms with van der Waals surface area (Å²) in [4.78, 5) is 12.7. The van der Waals surface area contributed by atoms with Crippen molar-refractivity contribution in [3.05, 3.63) is 32.4 Å². The van der Waals surface area contributed by atoms with E-state index in [0.29, 0.717) is 15.6 Å². The van der Waals surface area contributed by atoms with Gasteiger partial charge in [0.25, 0.3) is 5.91 Å². The number of benzene rings is 1. The highest BCUT2D eigenvalue weighted by Crippen LogP contribution is 2.30. The van der Waals surface area contributed by atoms with Gasteiger partial charge in [0.2, 0.25) is 0 Å². The van der Waals surface area contributed by atoms with Gasteiger partial charge in [0.05, 0.1) is 15.6 Å². The Kier molecular flexibility index (Phi) is 4.68. The van der Waals surface area contributed by atoms with Gasteiger partial charge in [0, 0.05) is 9.13 Å². The molecular formula is C13H14ClIN2OS. The third-order valence-corrected chi connectivity index (χ3v) is 5.43. The second-order valence-electron chi connectivity index (χ2n) is 4.74. The molecule has 102 valence electrons. The highest BCUT2D eigenvalue weighted by Gasteiger charge is 2.38. The second-order valence-corrected chi connectivity index (χ2v) is 6.75. The van der Waals surface area contributed by atoms with Crippen LogP contribution < -0.4 is 11.1 Å². The van der Waals surface area contributed by atoms with Gasteiger partial charge in [-0.15, -0.1) is 0 Å². The van der Waals surface area contributed by atoms with Gasteiger partial charge >= 0.3 is 0 Å². The van der Waals surface area contributed by atoms with E-state index in [1.165, 1.54) is 0 Å². The maximum absolute atomic E-state index is 12.3. The quantitative estimate of drug-likeness (QED) is 0.596. The van der Waals surface area contributed by atoms with Crippen LogP contribution in [-0.4, -0.2) is 16.4 Å². The van der Waals surface area contributed by atoms with Crippen molar-refractivity contribution in [3.8, 4) is 0 Å². The average molecular weight is 409 g/mol. The van der Waals surface area contributed by atoms with E-state index in [-0.39, 0.29) is 5.91 Å². The molecule has 6 heteroatoms. The average Bonchev–Trinajstić information content (AvgIpc) is 2.82. The van der Waals surface area contributed by atoms with Gasteiger partial charge in [0.15, 0.2) is 0 Å². The summed E-state index contributed by atoms with van der Waals surface area (Å²) in [5.41, 5.74) is 5.81. The molecule has 0 aliphatic heterocycles. The van der Waals surface area contributed by atoms with Crippen LogP contribution in [0.25, 0.3) is 0 Å². The first-order valence-electron chi connectivity index (χ1n) is 6.02. The number of nitrogens with two attached hydrogens (primary N) is 1. The predicted octanol–water partition coefficient (Wildman–Crippen LogP) is 3.27. The summed E-state index contributed by atoms with van der Waals surface area (Å²) >= 11 is 13.3. The van der Waals surface area contributed by atoms with E-state index >= 15 is 0 Å². The molecule has 0 radical (unpaired) electrons. The third kappa shape index (κ3) is 3.20. The molecule has 2 rings (SSSR count). The van der Waals surface area contributed by atoms with Crippen molar-refractivity contribution < 1.29 is 4.79 Å². The fourth-order valence-corrected chi connectivity index (χ4v) is 3.11. The van der Waals surface area contributed by atoms with Gasteiger partial charge in [-0.25, -0.2) is 0 Å². The lowest BCUT2D eigenvalue weighted by molar-refractivity contribution is 0.0924. The number of rotatable bonds is 3. The number of halogens is 2. The molecule has 1 saturated carbocycles. The SMILES string of the molecule is NC(=S)C1(NC(=O)c2ccc(I)c(Cl)c2)CCCC1. The van der Waals surface area contributed by atoms with E-state index in [1.54, 1.807) is 12.1 Å². The first-order valence-corrected chi connectivity index (χ1v) is 7.88. The van der Waals surface area contributed by atoms with Crippen molar-refractivity contribution >= 4 is 57.3 Å². The molecule has 0 saturated heterocycles. The van der Waals surface area contributed by atoms with Gasteiger partial charge in [-0.05, 0) is 53.6 Å². The Balaban J connectivity index is 2.20. The van der Waals surface area contributed by atoms with E-state index < -0.39 is 5.54 Å². The van der Waals surface area contributed by atoms with Gasteiger partial charge < -0.3 is 11.1 Å². The van der Waals surface area contributed by atoms with Gasteiger partial charge in [-0.1, -0.05) is 36.7 Å². The van der Waals surface area contributed by atoms with Crippen molar-refractivity contribution in [2.75, 3.05) is 0 Å². The first kappa shape index (κ1) is 15.0. The molecule has 1 aromatic rings. The minimum atomic E-state index is -0.526. The number of carbonyl (C=O) groups is 1. The summed E-state index contributed by atoms with van der Waals surface area (Å²) in [5, 5.41) is 3.56. The molecule has 1 aliphatic rings. The third-order valence-electron chi connectivity index (χ3n) is 3.46. The van der Waals surface area contributed by atoms with E-state index in [1.807, 2.05) is 6.07 Å². The number of carbonyl (C=O) groups excluding carboxylic acids is 1. The largest absolute Gasteiger partial charge is 0.391 e. The van der Waals surface area contributed by atoms with Crippen LogP contribution in [-0.2, 0) is 0 Å². The molecule has 0 unspecified atom stereocenters. The van der Waals surface area contributed by atoms with Gasteiger partial charge in [0.1, 0.15) is 0 Å². The molecule has 3 nitrogen and oxygen atoms in total. The lowest BCUT2D eigenvalue weighted by Crippen LogP contribution is -2.54. The van der Waals surface area contributed by atoms with Crippen molar-refractivity contribution in [3.63, 3.8) is 0 Å². The topological polar surface area (TPSA) is 55.1 Å². The summed E-state index contributed by atoms with van der Waals surface area (Å²) in [6.07, 6.45) is 3.69. The maximum atomic E-state index is 12.3. The lowest BCUT2D eigenvalue weighted by Gasteiger charge is -2.29. The zero-order valence-electron chi connectivity index (χ0n) is 10.2. The van der Waals surface area contributed by atoms with Gasteiger partial charge in [-0.2, -0.15) is 0 Å².